The Balaban J connectivity index is 1.70. The maximum absolute atomic E-state index is 11.9. The summed E-state index contributed by atoms with van der Waals surface area (Å²) in [4.78, 5) is 21.2. The minimum atomic E-state index is -0.515. The van der Waals surface area contributed by atoms with E-state index in [-0.39, 0.29) is 5.91 Å². The van der Waals surface area contributed by atoms with Gasteiger partial charge in [-0.1, -0.05) is 32.4 Å². The number of benzene rings is 1. The van der Waals surface area contributed by atoms with Gasteiger partial charge in [-0.05, 0) is 51.0 Å². The van der Waals surface area contributed by atoms with E-state index in [1.165, 1.54) is 0 Å². The first-order valence-electron chi connectivity index (χ1n) is 10.5. The quantitative estimate of drug-likeness (QED) is 0.422. The highest BCUT2D eigenvalue weighted by Gasteiger charge is 2.19. The Bertz CT molecular complexity index is 979. The topological polar surface area (TPSA) is 66.9 Å². The fraction of sp³-hybridized carbons (Fsp3) is 0.375. The lowest BCUT2D eigenvalue weighted by Crippen LogP contribution is -2.49. The first kappa shape index (κ1) is 22.0. The molecule has 0 aliphatic heterocycles. The number of hydrogen-bond acceptors (Lipinski definition) is 5. The summed E-state index contributed by atoms with van der Waals surface area (Å²) in [6.45, 7) is 8.08. The zero-order chi connectivity index (χ0) is 21.6. The molecule has 2 aromatic heterocycles. The van der Waals surface area contributed by atoms with Crippen molar-refractivity contribution >= 4 is 22.9 Å². The summed E-state index contributed by atoms with van der Waals surface area (Å²) in [6.07, 6.45) is 5.30. The van der Waals surface area contributed by atoms with Crippen molar-refractivity contribution in [2.45, 2.75) is 59.0 Å². The van der Waals surface area contributed by atoms with Crippen LogP contribution in [0.2, 0.25) is 0 Å². The van der Waals surface area contributed by atoms with E-state index >= 15 is 0 Å². The van der Waals surface area contributed by atoms with E-state index in [1.807, 2.05) is 45.2 Å². The number of thiazole rings is 1. The predicted octanol–water partition coefficient (Wildman–Crippen LogP) is 5.89. The van der Waals surface area contributed by atoms with Crippen molar-refractivity contribution in [2.24, 2.45) is 0 Å². The first-order valence-corrected chi connectivity index (χ1v) is 11.4. The summed E-state index contributed by atoms with van der Waals surface area (Å²) in [7, 11) is 0. The predicted molar refractivity (Wildman–Crippen MR) is 126 cm³/mol. The lowest BCUT2D eigenvalue weighted by molar-refractivity contribution is -0.122. The molecular weight excluding hydrogens is 392 g/mol. The summed E-state index contributed by atoms with van der Waals surface area (Å²) >= 11 is 1.65. The zero-order valence-corrected chi connectivity index (χ0v) is 19.0. The number of hydrogen-bond donors (Lipinski definition) is 2. The molecule has 6 heteroatoms. The molecule has 2 N–H and O–H groups in total. The summed E-state index contributed by atoms with van der Waals surface area (Å²) in [5.41, 5.74) is 4.70. The molecule has 0 unspecified atom stereocenters. The van der Waals surface area contributed by atoms with Gasteiger partial charge < -0.3 is 10.6 Å². The molecule has 0 aliphatic carbocycles. The zero-order valence-electron chi connectivity index (χ0n) is 18.2. The molecule has 0 spiro atoms. The van der Waals surface area contributed by atoms with Crippen LogP contribution < -0.4 is 10.6 Å². The maximum atomic E-state index is 11.9. The van der Waals surface area contributed by atoms with Gasteiger partial charge in [0.15, 0.2) is 0 Å². The van der Waals surface area contributed by atoms with Crippen LogP contribution in [0.25, 0.3) is 21.8 Å². The van der Waals surface area contributed by atoms with E-state index in [2.05, 4.69) is 46.1 Å². The second kappa shape index (κ2) is 9.85. The number of anilines is 1. The third-order valence-corrected chi connectivity index (χ3v) is 5.53. The van der Waals surface area contributed by atoms with Crippen LogP contribution in [0.5, 0.6) is 0 Å². The third kappa shape index (κ3) is 5.89. The molecule has 1 aromatic carbocycles. The molecule has 1 amide bonds. The van der Waals surface area contributed by atoms with Gasteiger partial charge in [-0.3, -0.25) is 9.78 Å². The van der Waals surface area contributed by atoms with Crippen LogP contribution in [-0.4, -0.2) is 21.5 Å². The van der Waals surface area contributed by atoms with Crippen LogP contribution in [0.3, 0.4) is 0 Å². The number of carbonyl (C=O) groups is 1. The third-order valence-electron chi connectivity index (χ3n) is 4.64. The van der Waals surface area contributed by atoms with Crippen molar-refractivity contribution in [3.8, 4) is 21.8 Å². The van der Waals surface area contributed by atoms with E-state index < -0.39 is 5.66 Å². The highest BCUT2D eigenvalue weighted by molar-refractivity contribution is 7.13. The van der Waals surface area contributed by atoms with Gasteiger partial charge in [0.1, 0.15) is 10.7 Å². The molecule has 0 atom stereocenters. The number of amides is 1. The van der Waals surface area contributed by atoms with Crippen molar-refractivity contribution in [3.63, 3.8) is 0 Å². The highest BCUT2D eigenvalue weighted by atomic mass is 32.1. The monoisotopic (exact) mass is 422 g/mol. The summed E-state index contributed by atoms with van der Waals surface area (Å²) in [6, 6.07) is 12.3. The number of nitrogens with one attached hydrogen (secondary N) is 2. The number of nitrogens with zero attached hydrogens (tertiary/aromatic N) is 2. The van der Waals surface area contributed by atoms with Gasteiger partial charge in [-0.2, -0.15) is 0 Å². The van der Waals surface area contributed by atoms with Crippen LogP contribution in [0.15, 0.2) is 48.0 Å². The van der Waals surface area contributed by atoms with Crippen molar-refractivity contribution in [3.05, 3.63) is 53.7 Å². The van der Waals surface area contributed by atoms with Crippen LogP contribution in [0.1, 0.15) is 52.7 Å². The molecule has 0 fully saturated rings. The Labute approximate surface area is 183 Å². The van der Waals surface area contributed by atoms with Gasteiger partial charge in [0, 0.05) is 40.5 Å². The fourth-order valence-corrected chi connectivity index (χ4v) is 4.12. The molecule has 0 aliphatic rings. The van der Waals surface area contributed by atoms with Crippen molar-refractivity contribution in [1.82, 2.24) is 15.3 Å². The molecule has 0 bridgehead atoms. The largest absolute Gasteiger partial charge is 0.363 e. The standard InChI is InChI=1S/C24H30N4OS/c1-5-7-20-15-18(13-14-25-20)23-26-21(16-30-23)17-9-11-19(12-10-17)27-24(3,4)28-22(29)8-6-2/h9-16,27H,5-8H2,1-4H3,(H,28,29). The van der Waals surface area contributed by atoms with Gasteiger partial charge in [-0.25, -0.2) is 4.98 Å². The summed E-state index contributed by atoms with van der Waals surface area (Å²) in [5.74, 6) is 0.0554. The fourth-order valence-electron chi connectivity index (χ4n) is 3.30. The van der Waals surface area contributed by atoms with Crippen molar-refractivity contribution in [1.29, 1.82) is 0 Å². The Kier molecular flexibility index (Phi) is 7.21. The lowest BCUT2D eigenvalue weighted by Gasteiger charge is -2.29. The molecule has 5 nitrogen and oxygen atoms in total. The van der Waals surface area contributed by atoms with Gasteiger partial charge in [0.25, 0.3) is 0 Å². The Morgan fingerprint density at radius 3 is 2.53 bits per heavy atom. The lowest BCUT2D eigenvalue weighted by atomic mass is 10.1. The van der Waals surface area contributed by atoms with Crippen LogP contribution in [0, 0.1) is 0 Å². The van der Waals surface area contributed by atoms with Crippen LogP contribution in [-0.2, 0) is 11.2 Å². The average molecular weight is 423 g/mol. The molecular formula is C24H30N4OS. The normalized spacial score (nSPS) is 11.3. The van der Waals surface area contributed by atoms with E-state index in [9.17, 15) is 4.79 Å². The molecule has 0 radical (unpaired) electrons. The van der Waals surface area contributed by atoms with E-state index in [0.717, 1.165) is 52.5 Å². The number of aryl methyl sites for hydroxylation is 1. The molecule has 3 aromatic rings. The molecule has 3 rings (SSSR count). The Morgan fingerprint density at radius 1 is 1.07 bits per heavy atom. The SMILES string of the molecule is CCCC(=O)NC(C)(C)Nc1ccc(-c2csc(-c3ccnc(CCC)c3)n2)cc1. The maximum Gasteiger partial charge on any atom is 0.221 e. The van der Waals surface area contributed by atoms with Crippen LogP contribution >= 0.6 is 11.3 Å². The highest BCUT2D eigenvalue weighted by Crippen LogP contribution is 2.30. The molecule has 2 heterocycles. The van der Waals surface area contributed by atoms with Gasteiger partial charge in [0.2, 0.25) is 5.91 Å². The van der Waals surface area contributed by atoms with Gasteiger partial charge >= 0.3 is 0 Å². The van der Waals surface area contributed by atoms with Gasteiger partial charge in [-0.15, -0.1) is 11.3 Å². The second-order valence-electron chi connectivity index (χ2n) is 7.95. The minimum Gasteiger partial charge on any atom is -0.363 e. The van der Waals surface area contributed by atoms with Crippen molar-refractivity contribution < 1.29 is 4.79 Å². The first-order chi connectivity index (χ1) is 14.4. The van der Waals surface area contributed by atoms with Crippen LogP contribution in [0.4, 0.5) is 5.69 Å². The number of aromatic nitrogens is 2. The molecule has 158 valence electrons. The number of rotatable bonds is 9. The number of carbonyl (C=O) groups excluding carboxylic acids is 1. The second-order valence-corrected chi connectivity index (χ2v) is 8.81. The van der Waals surface area contributed by atoms with Gasteiger partial charge in [0.05, 0.1) is 5.69 Å². The van der Waals surface area contributed by atoms with E-state index in [0.29, 0.717) is 6.42 Å². The molecule has 30 heavy (non-hydrogen) atoms. The minimum absolute atomic E-state index is 0.0554. The smallest absolute Gasteiger partial charge is 0.221 e. The Morgan fingerprint density at radius 2 is 1.83 bits per heavy atom. The van der Waals surface area contributed by atoms with Crippen molar-refractivity contribution in [2.75, 3.05) is 5.32 Å². The van der Waals surface area contributed by atoms with E-state index in [4.69, 9.17) is 4.98 Å². The summed E-state index contributed by atoms with van der Waals surface area (Å²) < 4.78 is 0. The number of pyridine rings is 1. The molecule has 0 saturated heterocycles. The van der Waals surface area contributed by atoms with E-state index in [1.54, 1.807) is 11.3 Å². The Hall–Kier alpha value is -2.73. The average Bonchev–Trinajstić information content (AvgIpc) is 3.19. The summed E-state index contributed by atoms with van der Waals surface area (Å²) in [5, 5.41) is 9.50. The molecule has 0 saturated carbocycles.